The standard InChI is InChI=1S/C31H38F6N8O/c1-18-25-13-22(17-44(29(38)41-39-2)15-20-11-23(30(32,33)34)14-24(12-20)31(35,36)37)26(40-27(25)43(3)42-18)45(16-19-9-10-19)28(46)21-7-5-4-6-8-21/h11-14,19,21,39H,4-10,15-17H2,1-3H3,(H2,38,41). The third-order valence-corrected chi connectivity index (χ3v) is 8.60. The van der Waals surface area contributed by atoms with E-state index in [1.165, 1.54) is 11.9 Å². The first-order valence-corrected chi connectivity index (χ1v) is 15.3. The minimum atomic E-state index is -5.01. The second kappa shape index (κ2) is 13.0. The number of amides is 1. The zero-order chi connectivity index (χ0) is 33.4. The minimum Gasteiger partial charge on any atom is -0.368 e. The van der Waals surface area contributed by atoms with Crippen LogP contribution in [0.25, 0.3) is 11.0 Å². The third kappa shape index (κ3) is 7.49. The van der Waals surface area contributed by atoms with Gasteiger partial charge in [-0.3, -0.25) is 14.4 Å². The van der Waals surface area contributed by atoms with E-state index < -0.39 is 30.0 Å². The van der Waals surface area contributed by atoms with E-state index >= 15 is 0 Å². The maximum Gasteiger partial charge on any atom is 0.416 e. The number of fused-ring (bicyclic) bond motifs is 1. The highest BCUT2D eigenvalue weighted by molar-refractivity contribution is 5.96. The molecule has 2 fully saturated rings. The Kier molecular flexibility index (Phi) is 9.41. The number of nitrogens with one attached hydrogen (secondary N) is 1. The number of alkyl halides is 6. The zero-order valence-corrected chi connectivity index (χ0v) is 26.0. The second-order valence-electron chi connectivity index (χ2n) is 12.2. The van der Waals surface area contributed by atoms with Crippen LogP contribution in [0, 0.1) is 18.8 Å². The predicted octanol–water partition coefficient (Wildman–Crippen LogP) is 6.09. The number of hydrogen-bond acceptors (Lipinski definition) is 5. The summed E-state index contributed by atoms with van der Waals surface area (Å²) in [6.07, 6.45) is -3.54. The van der Waals surface area contributed by atoms with Gasteiger partial charge in [-0.2, -0.15) is 31.4 Å². The van der Waals surface area contributed by atoms with Crippen molar-refractivity contribution in [2.45, 2.75) is 77.3 Å². The molecular formula is C31H38F6N8O. The first-order valence-electron chi connectivity index (χ1n) is 15.3. The van der Waals surface area contributed by atoms with Crippen LogP contribution in [-0.4, -0.2) is 45.1 Å². The van der Waals surface area contributed by atoms with Gasteiger partial charge in [-0.25, -0.2) is 4.98 Å². The molecule has 15 heteroatoms. The molecule has 2 heterocycles. The normalized spacial score (nSPS) is 16.6. The summed E-state index contributed by atoms with van der Waals surface area (Å²) >= 11 is 0. The number of carbonyl (C=O) groups excluding carboxylic acids is 1. The Morgan fingerprint density at radius 2 is 1.63 bits per heavy atom. The van der Waals surface area contributed by atoms with Gasteiger partial charge in [0.2, 0.25) is 11.9 Å². The summed E-state index contributed by atoms with van der Waals surface area (Å²) in [5.41, 5.74) is 7.41. The van der Waals surface area contributed by atoms with E-state index in [0.29, 0.717) is 52.7 Å². The van der Waals surface area contributed by atoms with E-state index in [2.05, 4.69) is 15.6 Å². The molecule has 0 radical (unpaired) electrons. The zero-order valence-electron chi connectivity index (χ0n) is 26.0. The van der Waals surface area contributed by atoms with Gasteiger partial charge in [-0.15, -0.1) is 5.10 Å². The van der Waals surface area contributed by atoms with Crippen molar-refractivity contribution in [2.24, 2.45) is 29.7 Å². The predicted molar refractivity (Wildman–Crippen MR) is 161 cm³/mol. The average molecular weight is 653 g/mol. The lowest BCUT2D eigenvalue weighted by Gasteiger charge is -2.31. The average Bonchev–Trinajstić information content (AvgIpc) is 3.78. The number of aromatic nitrogens is 3. The summed E-state index contributed by atoms with van der Waals surface area (Å²) in [5, 5.41) is 9.17. The van der Waals surface area contributed by atoms with Crippen LogP contribution < -0.4 is 16.1 Å². The Hall–Kier alpha value is -4.04. The largest absolute Gasteiger partial charge is 0.416 e. The Bertz CT molecular complexity index is 1570. The fourth-order valence-electron chi connectivity index (χ4n) is 6.07. The molecule has 3 aromatic rings. The van der Waals surface area contributed by atoms with Crippen LogP contribution in [0.4, 0.5) is 32.2 Å². The molecular weight excluding hydrogens is 614 g/mol. The van der Waals surface area contributed by atoms with Gasteiger partial charge in [0.15, 0.2) is 5.65 Å². The van der Waals surface area contributed by atoms with Crippen LogP contribution in [0.2, 0.25) is 0 Å². The van der Waals surface area contributed by atoms with Crippen LogP contribution in [0.15, 0.2) is 29.4 Å². The van der Waals surface area contributed by atoms with E-state index in [4.69, 9.17) is 10.7 Å². The van der Waals surface area contributed by atoms with Crippen LogP contribution in [0.3, 0.4) is 0 Å². The summed E-state index contributed by atoms with van der Waals surface area (Å²) < 4.78 is 83.7. The highest BCUT2D eigenvalue weighted by Gasteiger charge is 2.38. The van der Waals surface area contributed by atoms with Crippen LogP contribution >= 0.6 is 0 Å². The first kappa shape index (κ1) is 33.3. The summed E-state index contributed by atoms with van der Waals surface area (Å²) in [5.74, 6) is 0.317. The van der Waals surface area contributed by atoms with Crippen molar-refractivity contribution in [3.63, 3.8) is 0 Å². The smallest absolute Gasteiger partial charge is 0.368 e. The lowest BCUT2D eigenvalue weighted by Crippen LogP contribution is -2.41. The molecule has 0 unspecified atom stereocenters. The number of guanidine groups is 1. The second-order valence-corrected chi connectivity index (χ2v) is 12.2. The Balaban J connectivity index is 1.61. The molecule has 9 nitrogen and oxygen atoms in total. The fourth-order valence-corrected chi connectivity index (χ4v) is 6.07. The monoisotopic (exact) mass is 652 g/mol. The van der Waals surface area contributed by atoms with Crippen molar-refractivity contribution in [1.82, 2.24) is 25.1 Å². The molecule has 2 aliphatic carbocycles. The maximum absolute atomic E-state index is 14.1. The van der Waals surface area contributed by atoms with Gasteiger partial charge in [0.1, 0.15) is 5.82 Å². The van der Waals surface area contributed by atoms with Crippen LogP contribution in [0.5, 0.6) is 0 Å². The summed E-state index contributed by atoms with van der Waals surface area (Å²) in [6.45, 7) is 1.71. The van der Waals surface area contributed by atoms with E-state index in [1.54, 1.807) is 23.6 Å². The van der Waals surface area contributed by atoms with E-state index in [9.17, 15) is 31.1 Å². The van der Waals surface area contributed by atoms with Gasteiger partial charge >= 0.3 is 12.4 Å². The number of nitrogens with zero attached hydrogens (tertiary/aromatic N) is 6. The number of benzene rings is 1. The van der Waals surface area contributed by atoms with Crippen molar-refractivity contribution in [3.05, 3.63) is 52.2 Å². The number of anilines is 1. The molecule has 0 aliphatic heterocycles. The lowest BCUT2D eigenvalue weighted by molar-refractivity contribution is -0.143. The minimum absolute atomic E-state index is 0.0327. The summed E-state index contributed by atoms with van der Waals surface area (Å²) in [6, 6.07) is 3.26. The van der Waals surface area contributed by atoms with Crippen molar-refractivity contribution < 1.29 is 31.1 Å². The molecule has 250 valence electrons. The van der Waals surface area contributed by atoms with E-state index in [1.807, 2.05) is 6.07 Å². The van der Waals surface area contributed by atoms with Gasteiger partial charge in [0.25, 0.3) is 0 Å². The maximum atomic E-state index is 14.1. The number of halogens is 6. The first-order chi connectivity index (χ1) is 21.7. The van der Waals surface area contributed by atoms with Crippen molar-refractivity contribution in [1.29, 1.82) is 0 Å². The van der Waals surface area contributed by atoms with Gasteiger partial charge < -0.3 is 16.1 Å². The van der Waals surface area contributed by atoms with Crippen molar-refractivity contribution >= 4 is 28.7 Å². The van der Waals surface area contributed by atoms with E-state index in [0.717, 1.165) is 44.9 Å². The molecule has 1 amide bonds. The number of hydrogen-bond donors (Lipinski definition) is 2. The molecule has 3 N–H and O–H groups in total. The summed E-state index contributed by atoms with van der Waals surface area (Å²) in [4.78, 5) is 22.1. The molecule has 2 saturated carbocycles. The molecule has 46 heavy (non-hydrogen) atoms. The molecule has 0 saturated heterocycles. The molecule has 1 aromatic carbocycles. The number of hydrazone groups is 1. The quantitative estimate of drug-likeness (QED) is 0.126. The molecule has 0 bridgehead atoms. The Morgan fingerprint density at radius 1 is 1.00 bits per heavy atom. The Morgan fingerprint density at radius 3 is 2.20 bits per heavy atom. The third-order valence-electron chi connectivity index (χ3n) is 8.60. The van der Waals surface area contributed by atoms with Crippen molar-refractivity contribution in [3.8, 4) is 0 Å². The van der Waals surface area contributed by atoms with Gasteiger partial charge in [-0.05, 0) is 68.4 Å². The highest BCUT2D eigenvalue weighted by Crippen LogP contribution is 2.38. The highest BCUT2D eigenvalue weighted by atomic mass is 19.4. The topological polar surface area (TPSA) is 105 Å². The number of nitrogens with two attached hydrogens (primary N) is 1. The van der Waals surface area contributed by atoms with Gasteiger partial charge in [-0.1, -0.05) is 19.3 Å². The number of aryl methyl sites for hydroxylation is 2. The molecule has 2 aliphatic rings. The number of pyridine rings is 1. The van der Waals surface area contributed by atoms with Crippen LogP contribution in [-0.2, 0) is 37.3 Å². The molecule has 5 rings (SSSR count). The Labute approximate surface area is 262 Å². The lowest BCUT2D eigenvalue weighted by atomic mass is 9.88. The molecule has 2 aromatic heterocycles. The molecule has 0 spiro atoms. The number of carbonyl (C=O) groups is 1. The van der Waals surface area contributed by atoms with Crippen molar-refractivity contribution in [2.75, 3.05) is 18.5 Å². The number of rotatable bonds is 9. The molecule has 0 atom stereocenters. The van der Waals surface area contributed by atoms with Crippen LogP contribution in [0.1, 0.15) is 72.9 Å². The SMILES string of the molecule is CN/N=C(\N)N(Cc1cc(C(F)(F)F)cc(C(F)(F)F)c1)Cc1cc2c(C)nn(C)c2nc1N(CC1CC1)C(=O)C1CCCCC1. The fraction of sp³-hybridized carbons (Fsp3) is 0.548. The van der Waals surface area contributed by atoms with E-state index in [-0.39, 0.29) is 36.0 Å². The van der Waals surface area contributed by atoms with Gasteiger partial charge in [0, 0.05) is 50.6 Å². The van der Waals surface area contributed by atoms with Gasteiger partial charge in [0.05, 0.1) is 16.8 Å². The summed E-state index contributed by atoms with van der Waals surface area (Å²) in [7, 11) is 3.21.